The molecule has 0 radical (unpaired) electrons. The molecule has 1 heterocycles. The molecule has 0 saturated heterocycles. The first-order chi connectivity index (χ1) is 8.10. The average Bonchev–Trinajstić information content (AvgIpc) is 2.44. The minimum absolute atomic E-state index is 0.197. The Bertz CT molecular complexity index is 364. The van der Waals surface area contributed by atoms with Gasteiger partial charge in [-0.1, -0.05) is 25.8 Å². The van der Waals surface area contributed by atoms with Crippen molar-refractivity contribution in [2.75, 3.05) is 6.54 Å². The molecule has 2 unspecified atom stereocenters. The Labute approximate surface area is 103 Å². The number of urea groups is 1. The van der Waals surface area contributed by atoms with Gasteiger partial charge in [0.05, 0.1) is 0 Å². The summed E-state index contributed by atoms with van der Waals surface area (Å²) in [6.45, 7) is 6.52. The summed E-state index contributed by atoms with van der Waals surface area (Å²) in [6, 6.07) is -0.197. The van der Waals surface area contributed by atoms with E-state index >= 15 is 0 Å². The Kier molecular flexibility index (Phi) is 3.22. The molecule has 2 atom stereocenters. The summed E-state index contributed by atoms with van der Waals surface area (Å²) in [4.78, 5) is 17.6. The number of carbonyl (C=O) groups is 1. The zero-order valence-corrected chi connectivity index (χ0v) is 10.5. The van der Waals surface area contributed by atoms with Gasteiger partial charge in [0, 0.05) is 6.54 Å². The van der Waals surface area contributed by atoms with E-state index in [4.69, 9.17) is 5.73 Å². The molecule has 0 aromatic carbocycles. The van der Waals surface area contributed by atoms with Crippen LogP contribution < -0.4 is 5.73 Å². The van der Waals surface area contributed by atoms with Gasteiger partial charge in [0.15, 0.2) is 0 Å². The summed E-state index contributed by atoms with van der Waals surface area (Å²) in [5.41, 5.74) is 5.70. The van der Waals surface area contributed by atoms with Gasteiger partial charge < -0.3 is 10.6 Å². The number of hydrogen-bond donors (Lipinski definition) is 1. The number of rotatable bonds is 2. The number of amidine groups is 1. The van der Waals surface area contributed by atoms with Crippen LogP contribution in [0.3, 0.4) is 0 Å². The fraction of sp³-hybridized carbons (Fsp3) is 0.692. The number of nitrogens with zero attached hydrogens (tertiary/aromatic N) is 2. The number of aliphatic imine (C=N–C) groups is 1. The fourth-order valence-corrected chi connectivity index (χ4v) is 2.99. The quantitative estimate of drug-likeness (QED) is 0.747. The lowest BCUT2D eigenvalue weighted by atomic mass is 9.87. The number of carbonyl (C=O) groups excluding carboxylic acids is 1. The lowest BCUT2D eigenvalue weighted by molar-refractivity contribution is 0.169. The van der Waals surface area contributed by atoms with E-state index in [9.17, 15) is 4.79 Å². The predicted molar refractivity (Wildman–Crippen MR) is 68.9 cm³/mol. The summed E-state index contributed by atoms with van der Waals surface area (Å²) in [7, 11) is 0. The van der Waals surface area contributed by atoms with Crippen molar-refractivity contribution in [3.63, 3.8) is 0 Å². The van der Waals surface area contributed by atoms with Crippen LogP contribution in [-0.4, -0.2) is 28.9 Å². The zero-order chi connectivity index (χ0) is 12.5. The third-order valence-corrected chi connectivity index (χ3v) is 4.09. The van der Waals surface area contributed by atoms with Gasteiger partial charge in [0.1, 0.15) is 11.4 Å². The Morgan fingerprint density at radius 1 is 1.59 bits per heavy atom. The smallest absolute Gasteiger partial charge is 0.346 e. The summed E-state index contributed by atoms with van der Waals surface area (Å²) in [5.74, 6) is 1.22. The van der Waals surface area contributed by atoms with Crippen LogP contribution in [-0.2, 0) is 0 Å². The maximum Gasteiger partial charge on any atom is 0.346 e. The summed E-state index contributed by atoms with van der Waals surface area (Å²) >= 11 is 0. The number of amides is 2. The van der Waals surface area contributed by atoms with Gasteiger partial charge in [0.2, 0.25) is 0 Å². The van der Waals surface area contributed by atoms with Crippen LogP contribution in [0.2, 0.25) is 0 Å². The number of hydrogen-bond acceptors (Lipinski definition) is 2. The van der Waals surface area contributed by atoms with Gasteiger partial charge in [-0.05, 0) is 25.2 Å². The third kappa shape index (κ3) is 1.96. The minimum Gasteiger partial charge on any atom is -0.385 e. The molecule has 4 heteroatoms. The Balaban J connectivity index is 2.28. The first-order valence-corrected chi connectivity index (χ1v) is 6.37. The molecule has 94 valence electrons. The van der Waals surface area contributed by atoms with Gasteiger partial charge >= 0.3 is 6.03 Å². The van der Waals surface area contributed by atoms with E-state index in [1.165, 1.54) is 6.42 Å². The van der Waals surface area contributed by atoms with Crippen LogP contribution >= 0.6 is 0 Å². The first kappa shape index (κ1) is 12.1. The van der Waals surface area contributed by atoms with Crippen molar-refractivity contribution in [3.8, 4) is 0 Å². The van der Waals surface area contributed by atoms with Crippen LogP contribution in [0, 0.1) is 5.92 Å². The fourth-order valence-electron chi connectivity index (χ4n) is 2.99. The van der Waals surface area contributed by atoms with E-state index < -0.39 is 0 Å². The second-order valence-electron chi connectivity index (χ2n) is 5.25. The van der Waals surface area contributed by atoms with E-state index in [0.717, 1.165) is 25.7 Å². The Morgan fingerprint density at radius 2 is 2.35 bits per heavy atom. The average molecular weight is 235 g/mol. The predicted octanol–water partition coefficient (Wildman–Crippen LogP) is 2.30. The molecule has 2 aliphatic rings. The molecule has 0 aromatic rings. The molecule has 17 heavy (non-hydrogen) atoms. The van der Waals surface area contributed by atoms with Crippen LogP contribution in [0.5, 0.6) is 0 Å². The topological polar surface area (TPSA) is 58.7 Å². The van der Waals surface area contributed by atoms with Crippen molar-refractivity contribution in [3.05, 3.63) is 12.7 Å². The van der Waals surface area contributed by atoms with Gasteiger partial charge in [-0.25, -0.2) is 4.79 Å². The third-order valence-electron chi connectivity index (χ3n) is 4.09. The van der Waals surface area contributed by atoms with E-state index in [2.05, 4.69) is 18.5 Å². The minimum atomic E-state index is -0.323. The van der Waals surface area contributed by atoms with Gasteiger partial charge in [-0.2, -0.15) is 4.99 Å². The lowest BCUT2D eigenvalue weighted by Gasteiger charge is -2.36. The number of nitrogens with two attached hydrogens (primary N) is 1. The molecule has 0 aromatic heterocycles. The lowest BCUT2D eigenvalue weighted by Crippen LogP contribution is -2.53. The zero-order valence-electron chi connectivity index (χ0n) is 10.5. The van der Waals surface area contributed by atoms with Crippen molar-refractivity contribution in [2.24, 2.45) is 16.6 Å². The maximum atomic E-state index is 11.9. The molecular weight excluding hydrogens is 214 g/mol. The van der Waals surface area contributed by atoms with E-state index in [1.54, 1.807) is 11.0 Å². The van der Waals surface area contributed by atoms with Crippen LogP contribution in [0.4, 0.5) is 4.79 Å². The van der Waals surface area contributed by atoms with Gasteiger partial charge in [0.25, 0.3) is 0 Å². The second kappa shape index (κ2) is 4.51. The van der Waals surface area contributed by atoms with E-state index in [1.807, 2.05) is 0 Å². The maximum absolute atomic E-state index is 11.9. The standard InChI is InChI=1S/C13H21N3O/c1-3-9-16-12(17)15-11(14)13(16)7-4-5-10(2)6-8-13/h3,10H,1,4-9H2,2H3,(H2,14,15,17). The highest BCUT2D eigenvalue weighted by Crippen LogP contribution is 2.38. The summed E-state index contributed by atoms with van der Waals surface area (Å²) in [6.07, 6.45) is 7.05. The largest absolute Gasteiger partial charge is 0.385 e. The highest BCUT2D eigenvalue weighted by molar-refractivity contribution is 6.05. The summed E-state index contributed by atoms with van der Waals surface area (Å²) < 4.78 is 0. The SMILES string of the molecule is C=CCN1C(=O)N=C(N)C12CCCC(C)CC2. The van der Waals surface area contributed by atoms with Crippen LogP contribution in [0.15, 0.2) is 17.6 Å². The molecule has 2 rings (SSSR count). The Morgan fingerprint density at radius 3 is 3.06 bits per heavy atom. The van der Waals surface area contributed by atoms with Gasteiger partial charge in [-0.3, -0.25) is 0 Å². The monoisotopic (exact) mass is 235 g/mol. The van der Waals surface area contributed by atoms with Crippen molar-refractivity contribution in [2.45, 2.75) is 44.6 Å². The molecule has 1 spiro atoms. The van der Waals surface area contributed by atoms with Crippen LogP contribution in [0.25, 0.3) is 0 Å². The molecule has 2 N–H and O–H groups in total. The summed E-state index contributed by atoms with van der Waals surface area (Å²) in [5, 5.41) is 0. The van der Waals surface area contributed by atoms with Crippen molar-refractivity contribution >= 4 is 11.9 Å². The van der Waals surface area contributed by atoms with E-state index in [-0.39, 0.29) is 11.6 Å². The molecular formula is C13H21N3O. The van der Waals surface area contributed by atoms with Crippen LogP contribution in [0.1, 0.15) is 39.0 Å². The molecule has 4 nitrogen and oxygen atoms in total. The molecule has 1 aliphatic heterocycles. The van der Waals surface area contributed by atoms with Crippen molar-refractivity contribution < 1.29 is 4.79 Å². The molecule has 1 aliphatic carbocycles. The van der Waals surface area contributed by atoms with Gasteiger partial charge in [-0.15, -0.1) is 6.58 Å². The van der Waals surface area contributed by atoms with Crippen molar-refractivity contribution in [1.82, 2.24) is 4.90 Å². The van der Waals surface area contributed by atoms with Crippen molar-refractivity contribution in [1.29, 1.82) is 0 Å². The second-order valence-corrected chi connectivity index (χ2v) is 5.25. The highest BCUT2D eigenvalue weighted by Gasteiger charge is 2.47. The molecule has 0 bridgehead atoms. The molecule has 1 saturated carbocycles. The molecule has 1 fully saturated rings. The molecule has 2 amide bonds. The van der Waals surface area contributed by atoms with E-state index in [0.29, 0.717) is 18.3 Å². The first-order valence-electron chi connectivity index (χ1n) is 6.37. The Hall–Kier alpha value is -1.32. The normalized spacial score (nSPS) is 33.7. The highest BCUT2D eigenvalue weighted by atomic mass is 16.2.